The number of hydrogen-bond acceptors (Lipinski definition) is 2. The molecule has 0 aliphatic heterocycles. The summed E-state index contributed by atoms with van der Waals surface area (Å²) in [4.78, 5) is 0. The van der Waals surface area contributed by atoms with Gasteiger partial charge in [0.1, 0.15) is 0 Å². The van der Waals surface area contributed by atoms with E-state index in [1.54, 1.807) is 0 Å². The molecule has 14 heavy (non-hydrogen) atoms. The Balaban J connectivity index is 0. The molecule has 0 radical (unpaired) electrons. The zero-order valence-corrected chi connectivity index (χ0v) is 10.6. The van der Waals surface area contributed by atoms with Crippen LogP contribution in [0.25, 0.3) is 0 Å². The van der Waals surface area contributed by atoms with E-state index in [2.05, 4.69) is 13.8 Å². The van der Waals surface area contributed by atoms with E-state index in [-0.39, 0.29) is 24.8 Å². The maximum Gasteiger partial charge on any atom is -0.00426 e. The Bertz CT molecular complexity index is 173. The van der Waals surface area contributed by atoms with Crippen molar-refractivity contribution in [3.05, 3.63) is 11.1 Å². The van der Waals surface area contributed by atoms with E-state index in [1.807, 2.05) is 0 Å². The molecule has 0 heterocycles. The zero-order chi connectivity index (χ0) is 9.14. The number of hydrogen-bond donors (Lipinski definition) is 2. The molecular formula is C10H22Cl2N2. The first kappa shape index (κ1) is 16.7. The van der Waals surface area contributed by atoms with Gasteiger partial charge in [-0.15, -0.1) is 24.8 Å². The molecule has 0 saturated carbocycles. The lowest BCUT2D eigenvalue weighted by atomic mass is 9.77. The van der Waals surface area contributed by atoms with Crippen molar-refractivity contribution in [2.45, 2.75) is 26.7 Å². The van der Waals surface area contributed by atoms with Crippen molar-refractivity contribution in [1.29, 1.82) is 0 Å². The third kappa shape index (κ3) is 3.77. The standard InChI is InChI=1S/C10H20N2.2ClH/c1-7-3-9(5-11)10(6-12)4-8(7)2;;/h9-10H,3-6,11-12H2,1-2H3;2*1H/t9-,10+;;. The summed E-state index contributed by atoms with van der Waals surface area (Å²) in [5.41, 5.74) is 14.4. The van der Waals surface area contributed by atoms with Crippen molar-refractivity contribution >= 4 is 24.8 Å². The first-order valence-corrected chi connectivity index (χ1v) is 4.74. The van der Waals surface area contributed by atoms with Gasteiger partial charge >= 0.3 is 0 Å². The van der Waals surface area contributed by atoms with Crippen LogP contribution < -0.4 is 11.5 Å². The van der Waals surface area contributed by atoms with Crippen molar-refractivity contribution in [2.75, 3.05) is 13.1 Å². The number of halogens is 2. The molecule has 1 aliphatic carbocycles. The van der Waals surface area contributed by atoms with Crippen molar-refractivity contribution in [3.8, 4) is 0 Å². The van der Waals surface area contributed by atoms with Crippen LogP contribution in [0.15, 0.2) is 11.1 Å². The van der Waals surface area contributed by atoms with Gasteiger partial charge in [-0.2, -0.15) is 0 Å². The predicted octanol–water partition coefficient (Wildman–Crippen LogP) is 2.11. The van der Waals surface area contributed by atoms with E-state index in [1.165, 1.54) is 11.1 Å². The lowest BCUT2D eigenvalue weighted by molar-refractivity contribution is 0.321. The van der Waals surface area contributed by atoms with Gasteiger partial charge in [0.05, 0.1) is 0 Å². The van der Waals surface area contributed by atoms with Crippen molar-refractivity contribution in [1.82, 2.24) is 0 Å². The predicted molar refractivity (Wildman–Crippen MR) is 67.2 cm³/mol. The van der Waals surface area contributed by atoms with Crippen LogP contribution in [0.4, 0.5) is 0 Å². The summed E-state index contributed by atoms with van der Waals surface area (Å²) in [5, 5.41) is 0. The minimum Gasteiger partial charge on any atom is -0.330 e. The summed E-state index contributed by atoms with van der Waals surface area (Å²) < 4.78 is 0. The number of rotatable bonds is 2. The summed E-state index contributed by atoms with van der Waals surface area (Å²) in [5.74, 6) is 1.25. The van der Waals surface area contributed by atoms with Crippen molar-refractivity contribution < 1.29 is 0 Å². The SMILES string of the molecule is CC1=C(C)C[C@H](CN)[C@H](CN)C1.Cl.Cl. The van der Waals surface area contributed by atoms with E-state index < -0.39 is 0 Å². The van der Waals surface area contributed by atoms with E-state index in [0.29, 0.717) is 11.8 Å². The molecule has 0 saturated heterocycles. The highest BCUT2D eigenvalue weighted by molar-refractivity contribution is 5.85. The normalized spacial score (nSPS) is 26.6. The Labute approximate surface area is 99.3 Å². The third-order valence-electron chi connectivity index (χ3n) is 3.14. The minimum absolute atomic E-state index is 0. The van der Waals surface area contributed by atoms with Gasteiger partial charge < -0.3 is 11.5 Å². The Kier molecular flexibility index (Phi) is 8.95. The highest BCUT2D eigenvalue weighted by atomic mass is 35.5. The fraction of sp³-hybridized carbons (Fsp3) is 0.800. The molecule has 0 unspecified atom stereocenters. The summed E-state index contributed by atoms with van der Waals surface area (Å²) in [6, 6.07) is 0. The Hall–Kier alpha value is 0.240. The minimum atomic E-state index is 0. The average Bonchev–Trinajstić information content (AvgIpc) is 2.09. The number of nitrogens with two attached hydrogens (primary N) is 2. The first-order chi connectivity index (χ1) is 5.69. The molecule has 1 rings (SSSR count). The molecule has 0 aromatic rings. The lowest BCUT2D eigenvalue weighted by Crippen LogP contribution is -2.32. The van der Waals surface area contributed by atoms with Crippen LogP contribution in [0.1, 0.15) is 26.7 Å². The molecule has 0 spiro atoms. The summed E-state index contributed by atoms with van der Waals surface area (Å²) in [6.45, 7) is 5.99. The second-order valence-electron chi connectivity index (χ2n) is 3.96. The number of allylic oxidation sites excluding steroid dienone is 2. The summed E-state index contributed by atoms with van der Waals surface area (Å²) in [6.07, 6.45) is 2.31. The smallest absolute Gasteiger partial charge is 0.00426 e. The van der Waals surface area contributed by atoms with Gasteiger partial charge in [0, 0.05) is 0 Å². The molecule has 0 bridgehead atoms. The summed E-state index contributed by atoms with van der Waals surface area (Å²) in [7, 11) is 0. The quantitative estimate of drug-likeness (QED) is 0.727. The molecule has 86 valence electrons. The lowest BCUT2D eigenvalue weighted by Gasteiger charge is -2.31. The van der Waals surface area contributed by atoms with Gasteiger partial charge in [-0.25, -0.2) is 0 Å². The first-order valence-electron chi connectivity index (χ1n) is 4.74. The van der Waals surface area contributed by atoms with Gasteiger partial charge in [-0.05, 0) is 51.6 Å². The van der Waals surface area contributed by atoms with Crippen LogP contribution >= 0.6 is 24.8 Å². The molecule has 4 N–H and O–H groups in total. The van der Waals surface area contributed by atoms with Gasteiger partial charge in [0.15, 0.2) is 0 Å². The largest absolute Gasteiger partial charge is 0.330 e. The topological polar surface area (TPSA) is 52.0 Å². The van der Waals surface area contributed by atoms with Gasteiger partial charge in [0.25, 0.3) is 0 Å². The fourth-order valence-electron chi connectivity index (χ4n) is 2.02. The Morgan fingerprint density at radius 2 is 1.21 bits per heavy atom. The van der Waals surface area contributed by atoms with Crippen LogP contribution in [0.3, 0.4) is 0 Å². The highest BCUT2D eigenvalue weighted by Crippen LogP contribution is 2.32. The Morgan fingerprint density at radius 3 is 1.43 bits per heavy atom. The molecule has 0 aromatic carbocycles. The van der Waals surface area contributed by atoms with Crippen molar-refractivity contribution in [3.63, 3.8) is 0 Å². The molecular weight excluding hydrogens is 219 g/mol. The monoisotopic (exact) mass is 240 g/mol. The van der Waals surface area contributed by atoms with E-state index in [9.17, 15) is 0 Å². The highest BCUT2D eigenvalue weighted by Gasteiger charge is 2.24. The van der Waals surface area contributed by atoms with Crippen LogP contribution in [0.5, 0.6) is 0 Å². The molecule has 1 aliphatic rings. The van der Waals surface area contributed by atoms with Gasteiger partial charge in [0.2, 0.25) is 0 Å². The molecule has 0 amide bonds. The molecule has 4 heteroatoms. The van der Waals surface area contributed by atoms with E-state index in [0.717, 1.165) is 25.9 Å². The maximum absolute atomic E-state index is 5.70. The van der Waals surface area contributed by atoms with E-state index in [4.69, 9.17) is 11.5 Å². The average molecular weight is 241 g/mol. The Morgan fingerprint density at radius 1 is 0.929 bits per heavy atom. The van der Waals surface area contributed by atoms with E-state index >= 15 is 0 Å². The summed E-state index contributed by atoms with van der Waals surface area (Å²) >= 11 is 0. The maximum atomic E-state index is 5.70. The van der Waals surface area contributed by atoms with Crippen molar-refractivity contribution in [2.24, 2.45) is 23.3 Å². The van der Waals surface area contributed by atoms with Crippen LogP contribution in [-0.2, 0) is 0 Å². The fourth-order valence-corrected chi connectivity index (χ4v) is 2.02. The molecule has 0 aromatic heterocycles. The molecule has 2 nitrogen and oxygen atoms in total. The molecule has 2 atom stereocenters. The van der Waals surface area contributed by atoms with Gasteiger partial charge in [-0.3, -0.25) is 0 Å². The second kappa shape index (κ2) is 7.52. The van der Waals surface area contributed by atoms with Crippen LogP contribution in [0, 0.1) is 11.8 Å². The second-order valence-corrected chi connectivity index (χ2v) is 3.96. The van der Waals surface area contributed by atoms with Gasteiger partial charge in [-0.1, -0.05) is 11.1 Å². The van der Waals surface area contributed by atoms with Crippen LogP contribution in [0.2, 0.25) is 0 Å². The molecule has 0 fully saturated rings. The zero-order valence-electron chi connectivity index (χ0n) is 8.95. The third-order valence-corrected chi connectivity index (χ3v) is 3.14. The van der Waals surface area contributed by atoms with Crippen LogP contribution in [-0.4, -0.2) is 13.1 Å².